The number of hydrogen-bond acceptors (Lipinski definition) is 5. The fraction of sp³-hybridized carbons (Fsp3) is 0.0638. The van der Waals surface area contributed by atoms with Crippen LogP contribution in [-0.4, -0.2) is 19.9 Å². The summed E-state index contributed by atoms with van der Waals surface area (Å²) < 4.78 is 1.20. The van der Waals surface area contributed by atoms with Crippen LogP contribution in [0.2, 0.25) is 0 Å². The summed E-state index contributed by atoms with van der Waals surface area (Å²) in [6, 6.07) is 55.5. The van der Waals surface area contributed by atoms with Crippen LogP contribution in [0.1, 0.15) is 25.0 Å². The Morgan fingerprint density at radius 3 is 1.79 bits per heavy atom. The van der Waals surface area contributed by atoms with Gasteiger partial charge in [0.2, 0.25) is 0 Å². The van der Waals surface area contributed by atoms with Crippen LogP contribution in [0.3, 0.4) is 0 Å². The molecule has 0 saturated heterocycles. The lowest BCUT2D eigenvalue weighted by Gasteiger charge is -2.21. The maximum atomic E-state index is 5.15. The van der Waals surface area contributed by atoms with Crippen LogP contribution in [0.15, 0.2) is 158 Å². The van der Waals surface area contributed by atoms with Crippen molar-refractivity contribution in [3.63, 3.8) is 0 Å². The van der Waals surface area contributed by atoms with Crippen LogP contribution >= 0.6 is 11.3 Å². The van der Waals surface area contributed by atoms with Gasteiger partial charge in [0.1, 0.15) is 5.01 Å². The first-order chi connectivity index (χ1) is 25.5. The zero-order valence-corrected chi connectivity index (χ0v) is 29.5. The summed E-state index contributed by atoms with van der Waals surface area (Å²) in [6.45, 7) is 4.60. The highest BCUT2D eigenvalue weighted by Crippen LogP contribution is 2.49. The van der Waals surface area contributed by atoms with E-state index in [1.54, 1.807) is 11.3 Å². The molecule has 0 spiro atoms. The predicted octanol–water partition coefficient (Wildman–Crippen LogP) is 12.3. The van der Waals surface area contributed by atoms with Gasteiger partial charge in [0.15, 0.2) is 17.5 Å². The SMILES string of the molecule is CC1(C)c2ccccc2-c2cc(-c3nc(-c4ccccc4)nc(-c4cccc(-c5ccc6ccc7nc(-c8ccccc8)sc7c6c5)c4)n3)ccc21. The molecule has 0 aliphatic heterocycles. The van der Waals surface area contributed by atoms with Gasteiger partial charge in [0.25, 0.3) is 0 Å². The molecule has 0 atom stereocenters. The minimum Gasteiger partial charge on any atom is -0.236 e. The molecular weight excluding hydrogens is 653 g/mol. The van der Waals surface area contributed by atoms with Crippen molar-refractivity contribution in [3.05, 3.63) is 169 Å². The number of nitrogens with zero attached hydrogens (tertiary/aromatic N) is 4. The molecular formula is C47H32N4S. The van der Waals surface area contributed by atoms with Crippen LogP contribution in [0, 0.1) is 0 Å². The lowest BCUT2D eigenvalue weighted by molar-refractivity contribution is 0.660. The first kappa shape index (κ1) is 30.5. The van der Waals surface area contributed by atoms with Crippen molar-refractivity contribution in [2.24, 2.45) is 0 Å². The lowest BCUT2D eigenvalue weighted by Crippen LogP contribution is -2.14. The molecule has 0 radical (unpaired) electrons. The first-order valence-corrected chi connectivity index (χ1v) is 18.4. The minimum atomic E-state index is -0.0664. The van der Waals surface area contributed by atoms with Gasteiger partial charge in [-0.2, -0.15) is 0 Å². The molecule has 0 saturated carbocycles. The topological polar surface area (TPSA) is 51.6 Å². The number of rotatable bonds is 5. The van der Waals surface area contributed by atoms with Crippen LogP contribution in [0.4, 0.5) is 0 Å². The molecule has 0 unspecified atom stereocenters. The molecule has 0 amide bonds. The normalized spacial score (nSPS) is 13.0. The van der Waals surface area contributed by atoms with E-state index >= 15 is 0 Å². The molecule has 0 N–H and O–H groups in total. The van der Waals surface area contributed by atoms with Gasteiger partial charge < -0.3 is 0 Å². The number of benzene rings is 7. The summed E-state index contributed by atoms with van der Waals surface area (Å²) in [7, 11) is 0. The van der Waals surface area contributed by atoms with E-state index in [4.69, 9.17) is 19.9 Å². The molecule has 1 aliphatic rings. The van der Waals surface area contributed by atoms with E-state index in [0.29, 0.717) is 17.5 Å². The Morgan fingerprint density at radius 1 is 0.423 bits per heavy atom. The summed E-state index contributed by atoms with van der Waals surface area (Å²) in [4.78, 5) is 20.3. The molecule has 4 nitrogen and oxygen atoms in total. The Morgan fingerprint density at radius 2 is 1.00 bits per heavy atom. The van der Waals surface area contributed by atoms with E-state index in [1.807, 2.05) is 24.3 Å². The Balaban J connectivity index is 1.09. The molecule has 246 valence electrons. The van der Waals surface area contributed by atoms with Crippen LogP contribution in [0.5, 0.6) is 0 Å². The minimum absolute atomic E-state index is 0.0664. The zero-order chi connectivity index (χ0) is 34.8. The third kappa shape index (κ3) is 5.04. The number of hydrogen-bond donors (Lipinski definition) is 0. The zero-order valence-electron chi connectivity index (χ0n) is 28.7. The molecule has 9 aromatic rings. The molecule has 0 bridgehead atoms. The van der Waals surface area contributed by atoms with Crippen molar-refractivity contribution in [3.8, 4) is 67.0 Å². The summed E-state index contributed by atoms with van der Waals surface area (Å²) in [5.41, 5.74) is 12.4. The van der Waals surface area contributed by atoms with Gasteiger partial charge in [-0.05, 0) is 63.0 Å². The molecule has 7 aromatic carbocycles. The van der Waals surface area contributed by atoms with Gasteiger partial charge in [-0.3, -0.25) is 0 Å². The Labute approximate surface area is 306 Å². The van der Waals surface area contributed by atoms with Crippen molar-refractivity contribution < 1.29 is 0 Å². The highest BCUT2D eigenvalue weighted by Gasteiger charge is 2.35. The fourth-order valence-corrected chi connectivity index (χ4v) is 8.73. The van der Waals surface area contributed by atoms with E-state index in [2.05, 4.69) is 147 Å². The number of fused-ring (bicyclic) bond motifs is 6. The van der Waals surface area contributed by atoms with Crippen LogP contribution in [-0.2, 0) is 5.41 Å². The Kier molecular flexibility index (Phi) is 6.98. The third-order valence-corrected chi connectivity index (χ3v) is 11.5. The average Bonchev–Trinajstić information content (AvgIpc) is 3.75. The van der Waals surface area contributed by atoms with Gasteiger partial charge in [-0.15, -0.1) is 11.3 Å². The van der Waals surface area contributed by atoms with Crippen molar-refractivity contribution in [2.45, 2.75) is 19.3 Å². The van der Waals surface area contributed by atoms with E-state index < -0.39 is 0 Å². The lowest BCUT2D eigenvalue weighted by atomic mass is 9.82. The second-order valence-corrected chi connectivity index (χ2v) is 14.9. The van der Waals surface area contributed by atoms with E-state index in [0.717, 1.165) is 43.9 Å². The van der Waals surface area contributed by atoms with Crippen LogP contribution in [0.25, 0.3) is 88.0 Å². The van der Waals surface area contributed by atoms with Crippen molar-refractivity contribution in [2.75, 3.05) is 0 Å². The largest absolute Gasteiger partial charge is 0.236 e. The fourth-order valence-electron chi connectivity index (χ4n) is 7.64. The average molecular weight is 685 g/mol. The number of aromatic nitrogens is 4. The second kappa shape index (κ2) is 11.9. The monoisotopic (exact) mass is 684 g/mol. The summed E-state index contributed by atoms with van der Waals surface area (Å²) in [5, 5.41) is 3.44. The predicted molar refractivity (Wildman–Crippen MR) is 215 cm³/mol. The van der Waals surface area contributed by atoms with E-state index in [1.165, 1.54) is 37.7 Å². The molecule has 0 fully saturated rings. The smallest absolute Gasteiger partial charge is 0.164 e. The molecule has 1 aliphatic carbocycles. The molecule has 2 heterocycles. The maximum absolute atomic E-state index is 5.15. The van der Waals surface area contributed by atoms with Gasteiger partial charge >= 0.3 is 0 Å². The van der Waals surface area contributed by atoms with Crippen LogP contribution < -0.4 is 0 Å². The van der Waals surface area contributed by atoms with Crippen molar-refractivity contribution in [1.82, 2.24) is 19.9 Å². The van der Waals surface area contributed by atoms with Crippen molar-refractivity contribution >= 4 is 32.3 Å². The summed E-state index contributed by atoms with van der Waals surface area (Å²) >= 11 is 1.75. The van der Waals surface area contributed by atoms with E-state index in [9.17, 15) is 0 Å². The molecule has 2 aromatic heterocycles. The highest BCUT2D eigenvalue weighted by molar-refractivity contribution is 7.22. The summed E-state index contributed by atoms with van der Waals surface area (Å²) in [6.07, 6.45) is 0. The standard InChI is InChI=1S/C47H32N4S/c1-47(2)39-19-10-9-18-36(39)38-28-35(22-24-40(38)47)45-50-43(30-12-5-3-6-13-30)49-44(51-45)34-17-11-16-32(26-34)33-21-20-29-23-25-41-42(37(29)27-33)52-46(48-41)31-14-7-4-8-15-31/h3-28H,1-2H3. The van der Waals surface area contributed by atoms with E-state index in [-0.39, 0.29) is 5.41 Å². The van der Waals surface area contributed by atoms with Gasteiger partial charge in [-0.25, -0.2) is 19.9 Å². The molecule has 52 heavy (non-hydrogen) atoms. The summed E-state index contributed by atoms with van der Waals surface area (Å²) in [5.74, 6) is 1.96. The molecule has 5 heteroatoms. The first-order valence-electron chi connectivity index (χ1n) is 17.6. The molecule has 10 rings (SSSR count). The van der Waals surface area contributed by atoms with Gasteiger partial charge in [-0.1, -0.05) is 147 Å². The Bertz CT molecular complexity index is 2820. The maximum Gasteiger partial charge on any atom is 0.164 e. The highest BCUT2D eigenvalue weighted by atomic mass is 32.1. The van der Waals surface area contributed by atoms with Gasteiger partial charge in [0, 0.05) is 33.1 Å². The third-order valence-electron chi connectivity index (χ3n) is 10.4. The Hall–Kier alpha value is -6.30. The van der Waals surface area contributed by atoms with Gasteiger partial charge in [0.05, 0.1) is 10.2 Å². The number of thiazole rings is 1. The quantitative estimate of drug-likeness (QED) is 0.181. The second-order valence-electron chi connectivity index (χ2n) is 13.9. The van der Waals surface area contributed by atoms with Crippen molar-refractivity contribution in [1.29, 1.82) is 0 Å².